The third-order valence-electron chi connectivity index (χ3n) is 10.0. The molecule has 1 aromatic heterocycles. The Labute approximate surface area is 280 Å². The molecule has 6 aromatic rings. The largest absolute Gasteiger partial charge is 0.333 e. The summed E-state index contributed by atoms with van der Waals surface area (Å²) in [5.74, 6) is 0.305. The third-order valence-corrected chi connectivity index (χ3v) is 10.0. The molecule has 4 heteroatoms. The first-order chi connectivity index (χ1) is 23.7. The Morgan fingerprint density at radius 1 is 0.667 bits per heavy atom. The number of hydrogen-bond acceptors (Lipinski definition) is 3. The van der Waals surface area contributed by atoms with Gasteiger partial charge in [0, 0.05) is 33.9 Å². The van der Waals surface area contributed by atoms with Crippen molar-refractivity contribution in [2.75, 3.05) is 4.90 Å². The number of fused-ring (bicyclic) bond motifs is 6. The number of aromatic nitrogens is 1. The number of aryl methyl sites for hydroxylation is 1. The topological polar surface area (TPSA) is 55.8 Å². The molecular weight excluding hydrogens is 585 g/mol. The molecule has 0 bridgehead atoms. The normalized spacial score (nSPS) is 17.1. The van der Waals surface area contributed by atoms with Crippen LogP contribution in [0.5, 0.6) is 0 Å². The summed E-state index contributed by atoms with van der Waals surface area (Å²) in [4.78, 5) is 2.43. The highest BCUT2D eigenvalue weighted by Gasteiger charge is 2.37. The zero-order valence-electron chi connectivity index (χ0n) is 26.2. The number of benzene rings is 5. The smallest absolute Gasteiger partial charge is 0.0992 e. The van der Waals surface area contributed by atoms with Gasteiger partial charge >= 0.3 is 0 Å². The fraction of sp³-hybridized carbons (Fsp3) is 0.0909. The molecule has 2 heterocycles. The Bertz CT molecular complexity index is 2460. The first-order valence-corrected chi connectivity index (χ1v) is 16.4. The second-order valence-corrected chi connectivity index (χ2v) is 12.7. The monoisotopic (exact) mass is 614 g/mol. The predicted octanol–water partition coefficient (Wildman–Crippen LogP) is 10.4. The number of para-hydroxylation sites is 2. The second-order valence-electron chi connectivity index (χ2n) is 12.7. The second kappa shape index (κ2) is 11.2. The van der Waals surface area contributed by atoms with Crippen LogP contribution in [-0.2, 0) is 6.42 Å². The minimum absolute atomic E-state index is 0.205. The number of nitriles is 2. The van der Waals surface area contributed by atoms with Crippen LogP contribution in [0.15, 0.2) is 140 Å². The van der Waals surface area contributed by atoms with Crippen molar-refractivity contribution in [3.05, 3.63) is 168 Å². The molecule has 2 aliphatic carbocycles. The summed E-state index contributed by atoms with van der Waals surface area (Å²) in [5.41, 5.74) is 13.3. The minimum Gasteiger partial charge on any atom is -0.333 e. The molecule has 0 saturated heterocycles. The summed E-state index contributed by atoms with van der Waals surface area (Å²) in [6.45, 7) is 0. The van der Waals surface area contributed by atoms with Crippen LogP contribution in [-0.4, -0.2) is 10.6 Å². The lowest BCUT2D eigenvalue weighted by Gasteiger charge is -2.29. The van der Waals surface area contributed by atoms with Gasteiger partial charge in [-0.3, -0.25) is 0 Å². The van der Waals surface area contributed by atoms with Gasteiger partial charge < -0.3 is 9.47 Å². The average molecular weight is 615 g/mol. The molecule has 9 rings (SSSR count). The first kappa shape index (κ1) is 27.9. The molecule has 0 N–H and O–H groups in total. The van der Waals surface area contributed by atoms with E-state index in [-0.39, 0.29) is 6.04 Å². The van der Waals surface area contributed by atoms with Crippen molar-refractivity contribution >= 4 is 28.4 Å². The molecular formula is C44H30N4. The first-order valence-electron chi connectivity index (χ1n) is 16.4. The van der Waals surface area contributed by atoms with E-state index in [1.54, 1.807) is 0 Å². The van der Waals surface area contributed by atoms with Crippen molar-refractivity contribution in [3.63, 3.8) is 0 Å². The SMILES string of the molecule is N#Cc1cc(-c2cccc(N3c4ccccc4C4C=CC=CC43)c2)cc(-c2cc(C#N)ccc2-n2c3c(c4ccccc42)CCC=C3)c1. The van der Waals surface area contributed by atoms with E-state index >= 15 is 0 Å². The van der Waals surface area contributed by atoms with Crippen molar-refractivity contribution in [2.24, 2.45) is 0 Å². The van der Waals surface area contributed by atoms with Crippen LogP contribution in [0.1, 0.15) is 40.3 Å². The van der Waals surface area contributed by atoms with Crippen LogP contribution in [0.3, 0.4) is 0 Å². The van der Waals surface area contributed by atoms with Crippen LogP contribution in [0, 0.1) is 22.7 Å². The highest BCUT2D eigenvalue weighted by atomic mass is 15.2. The van der Waals surface area contributed by atoms with Gasteiger partial charge in [0.25, 0.3) is 0 Å². The molecule has 0 radical (unpaired) electrons. The van der Waals surface area contributed by atoms with Crippen LogP contribution < -0.4 is 4.90 Å². The lowest BCUT2D eigenvalue weighted by atomic mass is 9.91. The van der Waals surface area contributed by atoms with Crippen molar-refractivity contribution in [1.29, 1.82) is 10.5 Å². The Morgan fingerprint density at radius 2 is 1.50 bits per heavy atom. The molecule has 226 valence electrons. The fourth-order valence-electron chi connectivity index (χ4n) is 7.92. The van der Waals surface area contributed by atoms with Crippen LogP contribution >= 0.6 is 0 Å². The molecule has 1 aliphatic heterocycles. The molecule has 2 unspecified atom stereocenters. The predicted molar refractivity (Wildman–Crippen MR) is 194 cm³/mol. The van der Waals surface area contributed by atoms with Gasteiger partial charge in [0.2, 0.25) is 0 Å². The van der Waals surface area contributed by atoms with Crippen molar-refractivity contribution < 1.29 is 0 Å². The number of anilines is 2. The van der Waals surface area contributed by atoms with E-state index in [4.69, 9.17) is 0 Å². The molecule has 5 aromatic carbocycles. The lowest BCUT2D eigenvalue weighted by molar-refractivity contribution is 0.745. The molecule has 3 aliphatic rings. The summed E-state index contributed by atoms with van der Waals surface area (Å²) < 4.78 is 2.32. The number of allylic oxidation sites excluding steroid dienone is 3. The van der Waals surface area contributed by atoms with E-state index in [2.05, 4.69) is 143 Å². The average Bonchev–Trinajstić information content (AvgIpc) is 3.67. The van der Waals surface area contributed by atoms with E-state index in [1.807, 2.05) is 24.3 Å². The van der Waals surface area contributed by atoms with Crippen molar-refractivity contribution in [2.45, 2.75) is 24.8 Å². The van der Waals surface area contributed by atoms with Crippen LogP contribution in [0.25, 0.3) is 44.9 Å². The minimum atomic E-state index is 0.205. The van der Waals surface area contributed by atoms with E-state index < -0.39 is 0 Å². The lowest BCUT2D eigenvalue weighted by Crippen LogP contribution is -2.28. The van der Waals surface area contributed by atoms with Gasteiger partial charge in [0.1, 0.15) is 0 Å². The van der Waals surface area contributed by atoms with Gasteiger partial charge in [-0.05, 0) is 107 Å². The Kier molecular flexibility index (Phi) is 6.49. The Balaban J connectivity index is 1.21. The number of nitrogens with zero attached hydrogens (tertiary/aromatic N) is 4. The van der Waals surface area contributed by atoms with Gasteiger partial charge in [-0.15, -0.1) is 0 Å². The summed E-state index contributed by atoms with van der Waals surface area (Å²) in [6, 6.07) is 42.8. The summed E-state index contributed by atoms with van der Waals surface area (Å²) >= 11 is 0. The maximum atomic E-state index is 10.3. The van der Waals surface area contributed by atoms with Gasteiger partial charge in [0.05, 0.1) is 40.5 Å². The van der Waals surface area contributed by atoms with E-state index in [0.717, 1.165) is 52.0 Å². The maximum Gasteiger partial charge on any atom is 0.0992 e. The van der Waals surface area contributed by atoms with E-state index in [9.17, 15) is 10.5 Å². The van der Waals surface area contributed by atoms with Crippen molar-refractivity contribution in [1.82, 2.24) is 4.57 Å². The van der Waals surface area contributed by atoms with E-state index in [0.29, 0.717) is 17.0 Å². The molecule has 48 heavy (non-hydrogen) atoms. The number of hydrogen-bond donors (Lipinski definition) is 0. The zero-order chi connectivity index (χ0) is 32.2. The highest BCUT2D eigenvalue weighted by Crippen LogP contribution is 2.48. The number of rotatable bonds is 4. The fourth-order valence-corrected chi connectivity index (χ4v) is 7.92. The molecule has 0 amide bonds. The summed E-state index contributed by atoms with van der Waals surface area (Å²) in [7, 11) is 0. The molecule has 0 fully saturated rings. The highest BCUT2D eigenvalue weighted by molar-refractivity contribution is 5.93. The molecule has 2 atom stereocenters. The van der Waals surface area contributed by atoms with Gasteiger partial charge in [-0.2, -0.15) is 10.5 Å². The zero-order valence-corrected chi connectivity index (χ0v) is 26.2. The summed E-state index contributed by atoms with van der Waals surface area (Å²) in [6.07, 6.45) is 15.3. The van der Waals surface area contributed by atoms with E-state index in [1.165, 1.54) is 27.9 Å². The quantitative estimate of drug-likeness (QED) is 0.199. The van der Waals surface area contributed by atoms with Crippen LogP contribution in [0.4, 0.5) is 11.4 Å². The van der Waals surface area contributed by atoms with Crippen molar-refractivity contribution in [3.8, 4) is 40.1 Å². The standard InChI is InChI=1S/C44H30N4/c45-27-29-20-21-44(48-42-18-7-3-14-37(42)38-15-4-8-19-43(38)48)39(24-29)33-23-30(28-46)22-32(25-33)31-10-9-11-34(26-31)47-40-16-5-1-12-35(40)36-13-2-6-17-41(36)47/h1-3,5-14,16-26,35,40H,4,15H2. The summed E-state index contributed by atoms with van der Waals surface area (Å²) in [5, 5.41) is 21.5. The maximum absolute atomic E-state index is 10.3. The third kappa shape index (κ3) is 4.35. The van der Waals surface area contributed by atoms with Crippen LogP contribution in [0.2, 0.25) is 0 Å². The van der Waals surface area contributed by atoms with Gasteiger partial charge in [-0.1, -0.05) is 78.9 Å². The Hall–Kier alpha value is -6.36. The van der Waals surface area contributed by atoms with Gasteiger partial charge in [-0.25, -0.2) is 0 Å². The molecule has 0 spiro atoms. The van der Waals surface area contributed by atoms with Gasteiger partial charge in [0.15, 0.2) is 0 Å². The molecule has 4 nitrogen and oxygen atoms in total. The molecule has 0 saturated carbocycles. The Morgan fingerprint density at radius 3 is 2.42 bits per heavy atom.